The minimum atomic E-state index is -4.48. The number of pyridine rings is 1. The molecule has 0 bridgehead atoms. The standard InChI is InChI=1S/C26H31F3N6O3/c1-37-22-7-10-34(11-8-22)9-3-13-38-32-16-19-6-12-35-23(17-30-24(35)14-19)20-4-2-5-21(15-20)33-25(36)31-18-26(27,28)29/h2,4-6,12,14-17,22H,3,7-11,13,18H2,1H3,(H2,31,33,36). The van der Waals surface area contributed by atoms with E-state index in [9.17, 15) is 18.0 Å². The number of imidazole rings is 1. The number of amides is 2. The number of hydrogen-bond donors (Lipinski definition) is 2. The van der Waals surface area contributed by atoms with Crippen LogP contribution in [-0.4, -0.2) is 78.7 Å². The molecular weight excluding hydrogens is 501 g/mol. The predicted molar refractivity (Wildman–Crippen MR) is 138 cm³/mol. The summed E-state index contributed by atoms with van der Waals surface area (Å²) in [5.41, 5.74) is 3.37. The normalized spacial score (nSPS) is 15.3. The molecule has 1 aliphatic rings. The van der Waals surface area contributed by atoms with Gasteiger partial charge < -0.3 is 25.1 Å². The Hall–Kier alpha value is -3.64. The zero-order chi connectivity index (χ0) is 27.0. The summed E-state index contributed by atoms with van der Waals surface area (Å²) in [5, 5.41) is 8.28. The molecular formula is C26H31F3N6O3. The summed E-state index contributed by atoms with van der Waals surface area (Å²) in [4.78, 5) is 24.1. The van der Waals surface area contributed by atoms with Crippen LogP contribution in [0.3, 0.4) is 0 Å². The smallest absolute Gasteiger partial charge is 0.396 e. The van der Waals surface area contributed by atoms with Crippen molar-refractivity contribution in [3.05, 3.63) is 54.4 Å². The molecule has 1 aromatic carbocycles. The summed E-state index contributed by atoms with van der Waals surface area (Å²) in [6.45, 7) is 2.20. The van der Waals surface area contributed by atoms with E-state index in [0.29, 0.717) is 24.0 Å². The maximum atomic E-state index is 12.3. The van der Waals surface area contributed by atoms with E-state index in [0.717, 1.165) is 55.7 Å². The minimum Gasteiger partial charge on any atom is -0.396 e. The summed E-state index contributed by atoms with van der Waals surface area (Å²) in [5.74, 6) is 0. The molecule has 0 radical (unpaired) electrons. The third-order valence-electron chi connectivity index (χ3n) is 6.26. The zero-order valence-corrected chi connectivity index (χ0v) is 21.1. The second-order valence-corrected chi connectivity index (χ2v) is 9.03. The Morgan fingerprint density at radius 3 is 2.82 bits per heavy atom. The molecule has 0 saturated carbocycles. The number of nitrogens with one attached hydrogen (secondary N) is 2. The Morgan fingerprint density at radius 2 is 2.05 bits per heavy atom. The fraction of sp³-hybridized carbons (Fsp3) is 0.423. The van der Waals surface area contributed by atoms with E-state index in [4.69, 9.17) is 9.57 Å². The third kappa shape index (κ3) is 7.93. The molecule has 1 aliphatic heterocycles. The number of oxime groups is 1. The lowest BCUT2D eigenvalue weighted by Gasteiger charge is -2.30. The molecule has 0 spiro atoms. The molecule has 0 aliphatic carbocycles. The molecule has 9 nitrogen and oxygen atoms in total. The number of benzene rings is 1. The van der Waals surface area contributed by atoms with Crippen LogP contribution in [0.5, 0.6) is 0 Å². The topological polar surface area (TPSA) is 92.5 Å². The van der Waals surface area contributed by atoms with Gasteiger partial charge in [-0.25, -0.2) is 9.78 Å². The van der Waals surface area contributed by atoms with Crippen molar-refractivity contribution in [2.75, 3.05) is 45.2 Å². The van der Waals surface area contributed by atoms with Crippen molar-refractivity contribution in [3.8, 4) is 11.3 Å². The van der Waals surface area contributed by atoms with E-state index in [2.05, 4.69) is 20.4 Å². The largest absolute Gasteiger partial charge is 0.405 e. The number of alkyl halides is 3. The number of methoxy groups -OCH3 is 1. The molecule has 38 heavy (non-hydrogen) atoms. The lowest BCUT2D eigenvalue weighted by molar-refractivity contribution is -0.122. The number of anilines is 1. The number of hydrogen-bond acceptors (Lipinski definition) is 6. The number of rotatable bonds is 10. The van der Waals surface area contributed by atoms with Crippen molar-refractivity contribution in [3.63, 3.8) is 0 Å². The van der Waals surface area contributed by atoms with Crippen molar-refractivity contribution in [2.24, 2.45) is 5.16 Å². The van der Waals surface area contributed by atoms with Crippen LogP contribution in [-0.2, 0) is 9.57 Å². The van der Waals surface area contributed by atoms with Gasteiger partial charge in [-0.1, -0.05) is 17.3 Å². The molecule has 1 fully saturated rings. The molecule has 4 rings (SSSR count). The van der Waals surface area contributed by atoms with Crippen molar-refractivity contribution in [1.82, 2.24) is 19.6 Å². The molecule has 3 heterocycles. The van der Waals surface area contributed by atoms with Crippen LogP contribution in [0.25, 0.3) is 16.9 Å². The van der Waals surface area contributed by atoms with Crippen molar-refractivity contribution >= 4 is 23.6 Å². The highest BCUT2D eigenvalue weighted by molar-refractivity contribution is 5.90. The van der Waals surface area contributed by atoms with Gasteiger partial charge >= 0.3 is 12.2 Å². The van der Waals surface area contributed by atoms with Crippen LogP contribution in [0.4, 0.5) is 23.7 Å². The first-order valence-corrected chi connectivity index (χ1v) is 12.4. The summed E-state index contributed by atoms with van der Waals surface area (Å²) in [6.07, 6.45) is 4.11. The Balaban J connectivity index is 1.29. The monoisotopic (exact) mass is 532 g/mol. The Bertz CT molecular complexity index is 1240. The molecule has 0 atom stereocenters. The van der Waals surface area contributed by atoms with Crippen molar-refractivity contribution in [2.45, 2.75) is 31.5 Å². The summed E-state index contributed by atoms with van der Waals surface area (Å²) in [6, 6.07) is 9.59. The summed E-state index contributed by atoms with van der Waals surface area (Å²) < 4.78 is 44.2. The number of carbonyl (C=O) groups excluding carboxylic acids is 1. The van der Waals surface area contributed by atoms with Gasteiger partial charge in [0, 0.05) is 49.8 Å². The highest BCUT2D eigenvalue weighted by Crippen LogP contribution is 2.24. The van der Waals surface area contributed by atoms with E-state index < -0.39 is 18.8 Å². The Morgan fingerprint density at radius 1 is 1.24 bits per heavy atom. The predicted octanol–water partition coefficient (Wildman–Crippen LogP) is 4.54. The Kier molecular flexibility index (Phi) is 9.19. The third-order valence-corrected chi connectivity index (χ3v) is 6.26. The van der Waals surface area contributed by atoms with Crippen LogP contribution in [0.2, 0.25) is 0 Å². The van der Waals surface area contributed by atoms with Gasteiger partial charge in [0.1, 0.15) is 18.8 Å². The number of carbonyl (C=O) groups is 1. The van der Waals surface area contributed by atoms with Gasteiger partial charge in [0.15, 0.2) is 0 Å². The van der Waals surface area contributed by atoms with E-state index >= 15 is 0 Å². The van der Waals surface area contributed by atoms with Crippen LogP contribution in [0.1, 0.15) is 24.8 Å². The number of nitrogens with zero attached hydrogens (tertiary/aromatic N) is 4. The maximum Gasteiger partial charge on any atom is 0.405 e. The van der Waals surface area contributed by atoms with E-state index in [1.165, 1.54) is 0 Å². The number of fused-ring (bicyclic) bond motifs is 1. The number of likely N-dealkylation sites (tertiary alicyclic amines) is 1. The molecule has 2 amide bonds. The first-order valence-electron chi connectivity index (χ1n) is 12.4. The number of piperidine rings is 1. The minimum absolute atomic E-state index is 0.359. The van der Waals surface area contributed by atoms with Crippen LogP contribution < -0.4 is 10.6 Å². The summed E-state index contributed by atoms with van der Waals surface area (Å²) in [7, 11) is 1.77. The first kappa shape index (κ1) is 27.4. The van der Waals surface area contributed by atoms with Gasteiger partial charge in [0.05, 0.1) is 24.2 Å². The van der Waals surface area contributed by atoms with Gasteiger partial charge in [-0.2, -0.15) is 13.2 Å². The fourth-order valence-electron chi connectivity index (χ4n) is 4.27. The van der Waals surface area contributed by atoms with Gasteiger partial charge in [-0.3, -0.25) is 4.40 Å². The highest BCUT2D eigenvalue weighted by Gasteiger charge is 2.27. The van der Waals surface area contributed by atoms with Gasteiger partial charge in [0.25, 0.3) is 0 Å². The van der Waals surface area contributed by atoms with E-state index in [1.807, 2.05) is 28.8 Å². The average Bonchev–Trinajstić information content (AvgIpc) is 3.33. The van der Waals surface area contributed by atoms with E-state index in [-0.39, 0.29) is 0 Å². The van der Waals surface area contributed by atoms with Crippen LogP contribution in [0.15, 0.2) is 53.9 Å². The molecule has 2 aromatic heterocycles. The quantitative estimate of drug-likeness (QED) is 0.227. The van der Waals surface area contributed by atoms with Crippen molar-refractivity contribution < 1.29 is 27.5 Å². The fourth-order valence-corrected chi connectivity index (χ4v) is 4.27. The zero-order valence-electron chi connectivity index (χ0n) is 21.1. The average molecular weight is 533 g/mol. The molecule has 1 saturated heterocycles. The van der Waals surface area contributed by atoms with Gasteiger partial charge in [-0.05, 0) is 43.5 Å². The number of aromatic nitrogens is 2. The molecule has 204 valence electrons. The molecule has 12 heteroatoms. The molecule has 3 aromatic rings. The van der Waals surface area contributed by atoms with Crippen LogP contribution >= 0.6 is 0 Å². The number of halogens is 3. The van der Waals surface area contributed by atoms with Crippen molar-refractivity contribution in [1.29, 1.82) is 0 Å². The van der Waals surface area contributed by atoms with Gasteiger partial charge in [0.2, 0.25) is 0 Å². The second kappa shape index (κ2) is 12.7. The SMILES string of the molecule is COC1CCN(CCCON=Cc2ccn3c(-c4cccc(NC(=O)NCC(F)(F)F)c4)cnc3c2)CC1. The molecule has 2 N–H and O–H groups in total. The summed E-state index contributed by atoms with van der Waals surface area (Å²) >= 11 is 0. The van der Waals surface area contributed by atoms with E-state index in [1.54, 1.807) is 43.0 Å². The van der Waals surface area contributed by atoms with Crippen LogP contribution in [0, 0.1) is 0 Å². The highest BCUT2D eigenvalue weighted by atomic mass is 19.4. The number of ether oxygens (including phenoxy) is 1. The lowest BCUT2D eigenvalue weighted by Crippen LogP contribution is -2.37. The van der Waals surface area contributed by atoms with Gasteiger partial charge in [-0.15, -0.1) is 0 Å². The second-order valence-electron chi connectivity index (χ2n) is 9.03. The lowest BCUT2D eigenvalue weighted by atomic mass is 10.1. The maximum absolute atomic E-state index is 12.3. The Labute approximate surface area is 218 Å². The first-order chi connectivity index (χ1) is 18.3. The number of urea groups is 1. The molecule has 0 unspecified atom stereocenters.